The molecule has 0 atom stereocenters. The van der Waals surface area contributed by atoms with E-state index in [1.54, 1.807) is 7.11 Å². The largest absolute Gasteiger partial charge is 0.493 e. The molecule has 0 radical (unpaired) electrons. The number of hydrogen-bond acceptors (Lipinski definition) is 4. The van der Waals surface area contributed by atoms with Crippen LogP contribution in [0.4, 0.5) is 5.69 Å². The Labute approximate surface area is 181 Å². The highest BCUT2D eigenvalue weighted by molar-refractivity contribution is 5.91. The number of carbonyl (C=O) groups excluding carboxylic acids is 1. The molecule has 2 aromatic carbocycles. The molecular weight excluding hydrogens is 376 g/mol. The molecule has 0 aliphatic heterocycles. The van der Waals surface area contributed by atoms with Crippen molar-refractivity contribution in [3.63, 3.8) is 0 Å². The molecule has 5 heteroatoms. The molecule has 1 amide bonds. The molecule has 0 fully saturated rings. The molecule has 0 bridgehead atoms. The van der Waals surface area contributed by atoms with Crippen molar-refractivity contribution in [3.8, 4) is 11.5 Å². The number of nitrogens with one attached hydrogen (secondary N) is 2. The zero-order chi connectivity index (χ0) is 22.4. The van der Waals surface area contributed by atoms with Crippen LogP contribution < -0.4 is 20.1 Å². The van der Waals surface area contributed by atoms with Gasteiger partial charge in [-0.15, -0.1) is 0 Å². The van der Waals surface area contributed by atoms with E-state index < -0.39 is 0 Å². The quantitative estimate of drug-likeness (QED) is 0.585. The van der Waals surface area contributed by atoms with E-state index in [1.807, 2.05) is 49.4 Å². The Balaban J connectivity index is 2.05. The standard InChI is InChI=1S/C25H36N2O3/c1-18-11-13-20(14-12-18)27-22(28)16-30-23-19(9-8-10-21(23)29-7)15-26-25(5,6)17-24(2,3)4/h8-14,26H,15-17H2,1-7H3,(H,27,28). The van der Waals surface area contributed by atoms with E-state index in [0.29, 0.717) is 18.0 Å². The van der Waals surface area contributed by atoms with Crippen LogP contribution >= 0.6 is 0 Å². The van der Waals surface area contributed by atoms with Gasteiger partial charge >= 0.3 is 0 Å². The lowest BCUT2D eigenvalue weighted by Crippen LogP contribution is -2.41. The molecule has 2 aromatic rings. The van der Waals surface area contributed by atoms with Crippen molar-refractivity contribution in [2.45, 2.75) is 60.0 Å². The second-order valence-corrected chi connectivity index (χ2v) is 9.63. The van der Waals surface area contributed by atoms with Crippen molar-refractivity contribution in [1.29, 1.82) is 0 Å². The Morgan fingerprint density at radius 1 is 1.00 bits per heavy atom. The fourth-order valence-electron chi connectivity index (χ4n) is 3.72. The first-order valence-corrected chi connectivity index (χ1v) is 10.4. The average molecular weight is 413 g/mol. The van der Waals surface area contributed by atoms with E-state index in [4.69, 9.17) is 9.47 Å². The first kappa shape index (κ1) is 23.7. The number of anilines is 1. The minimum Gasteiger partial charge on any atom is -0.493 e. The van der Waals surface area contributed by atoms with Crippen molar-refractivity contribution in [2.75, 3.05) is 19.0 Å². The number of hydrogen-bond donors (Lipinski definition) is 2. The van der Waals surface area contributed by atoms with Gasteiger partial charge in [0.25, 0.3) is 5.91 Å². The number of ether oxygens (including phenoxy) is 2. The Hall–Kier alpha value is -2.53. The molecule has 2 N–H and O–H groups in total. The maximum atomic E-state index is 12.4. The van der Waals surface area contributed by atoms with Crippen molar-refractivity contribution in [1.82, 2.24) is 5.32 Å². The topological polar surface area (TPSA) is 59.6 Å². The second-order valence-electron chi connectivity index (χ2n) is 9.63. The smallest absolute Gasteiger partial charge is 0.262 e. The molecule has 0 saturated carbocycles. The maximum absolute atomic E-state index is 12.4. The van der Waals surface area contributed by atoms with Crippen LogP contribution in [-0.2, 0) is 11.3 Å². The predicted molar refractivity (Wildman–Crippen MR) is 123 cm³/mol. The molecule has 0 spiro atoms. The minimum absolute atomic E-state index is 0.0403. The molecule has 0 unspecified atom stereocenters. The van der Waals surface area contributed by atoms with E-state index in [9.17, 15) is 4.79 Å². The van der Waals surface area contributed by atoms with Crippen LogP contribution in [-0.4, -0.2) is 25.2 Å². The van der Waals surface area contributed by atoms with Gasteiger partial charge in [-0.25, -0.2) is 0 Å². The maximum Gasteiger partial charge on any atom is 0.262 e. The highest BCUT2D eigenvalue weighted by Gasteiger charge is 2.25. The molecule has 0 heterocycles. The van der Waals surface area contributed by atoms with Crippen LogP contribution in [0.1, 0.15) is 52.2 Å². The minimum atomic E-state index is -0.211. The van der Waals surface area contributed by atoms with Gasteiger partial charge in [0.15, 0.2) is 18.1 Å². The summed E-state index contributed by atoms with van der Waals surface area (Å²) in [7, 11) is 1.61. The lowest BCUT2D eigenvalue weighted by Gasteiger charge is -2.33. The van der Waals surface area contributed by atoms with Crippen LogP contribution in [0.15, 0.2) is 42.5 Å². The monoisotopic (exact) mass is 412 g/mol. The fourth-order valence-corrected chi connectivity index (χ4v) is 3.72. The highest BCUT2D eigenvalue weighted by atomic mass is 16.5. The summed E-state index contributed by atoms with van der Waals surface area (Å²) in [4.78, 5) is 12.4. The SMILES string of the molecule is COc1cccc(CNC(C)(C)CC(C)(C)C)c1OCC(=O)Nc1ccc(C)cc1. The summed E-state index contributed by atoms with van der Waals surface area (Å²) in [5.74, 6) is 1.00. The van der Waals surface area contributed by atoms with Gasteiger partial charge in [-0.1, -0.05) is 50.6 Å². The molecule has 5 nitrogen and oxygen atoms in total. The first-order valence-electron chi connectivity index (χ1n) is 10.4. The van der Waals surface area contributed by atoms with Crippen LogP contribution in [0.5, 0.6) is 11.5 Å². The van der Waals surface area contributed by atoms with Gasteiger partial charge in [-0.3, -0.25) is 4.79 Å². The third-order valence-electron chi connectivity index (χ3n) is 4.69. The second kappa shape index (κ2) is 9.98. The third kappa shape index (κ3) is 7.71. The number of amides is 1. The number of para-hydroxylation sites is 1. The van der Waals surface area contributed by atoms with Gasteiger partial charge in [-0.05, 0) is 50.8 Å². The summed E-state index contributed by atoms with van der Waals surface area (Å²) in [6, 6.07) is 13.4. The fraction of sp³-hybridized carbons (Fsp3) is 0.480. The predicted octanol–water partition coefficient (Wildman–Crippen LogP) is 5.33. The normalized spacial score (nSPS) is 11.8. The molecule has 0 aliphatic carbocycles. The molecule has 164 valence electrons. The van der Waals surface area contributed by atoms with E-state index >= 15 is 0 Å². The van der Waals surface area contributed by atoms with E-state index in [0.717, 1.165) is 23.2 Å². The highest BCUT2D eigenvalue weighted by Crippen LogP contribution is 2.32. The summed E-state index contributed by atoms with van der Waals surface area (Å²) < 4.78 is 11.4. The number of aryl methyl sites for hydroxylation is 1. The van der Waals surface area contributed by atoms with Gasteiger partial charge in [-0.2, -0.15) is 0 Å². The van der Waals surface area contributed by atoms with E-state index in [2.05, 4.69) is 45.3 Å². The Morgan fingerprint density at radius 2 is 1.67 bits per heavy atom. The summed E-state index contributed by atoms with van der Waals surface area (Å²) in [6.45, 7) is 13.7. The number of carbonyl (C=O) groups is 1. The zero-order valence-corrected chi connectivity index (χ0v) is 19.4. The molecule has 0 saturated heterocycles. The molecule has 0 aliphatic rings. The number of methoxy groups -OCH3 is 1. The van der Waals surface area contributed by atoms with E-state index in [1.165, 1.54) is 0 Å². The third-order valence-corrected chi connectivity index (χ3v) is 4.69. The Bertz CT molecular complexity index is 836. The molecule has 2 rings (SSSR count). The summed E-state index contributed by atoms with van der Waals surface area (Å²) >= 11 is 0. The molecular formula is C25H36N2O3. The van der Waals surface area contributed by atoms with Crippen LogP contribution in [0.2, 0.25) is 0 Å². The lowest BCUT2D eigenvalue weighted by molar-refractivity contribution is -0.118. The van der Waals surface area contributed by atoms with Gasteiger partial charge in [0.2, 0.25) is 0 Å². The van der Waals surface area contributed by atoms with Crippen LogP contribution in [0.3, 0.4) is 0 Å². The van der Waals surface area contributed by atoms with Gasteiger partial charge in [0, 0.05) is 23.3 Å². The van der Waals surface area contributed by atoms with Crippen LogP contribution in [0, 0.1) is 12.3 Å². The summed E-state index contributed by atoms with van der Waals surface area (Å²) in [5, 5.41) is 6.48. The van der Waals surface area contributed by atoms with E-state index in [-0.39, 0.29) is 23.5 Å². The number of rotatable bonds is 9. The zero-order valence-electron chi connectivity index (χ0n) is 19.4. The lowest BCUT2D eigenvalue weighted by atomic mass is 9.82. The average Bonchev–Trinajstić information content (AvgIpc) is 2.64. The molecule has 0 aromatic heterocycles. The Kier molecular flexibility index (Phi) is 7.90. The summed E-state index contributed by atoms with van der Waals surface area (Å²) in [6.07, 6.45) is 1.03. The van der Waals surface area contributed by atoms with Crippen molar-refractivity contribution >= 4 is 11.6 Å². The summed E-state index contributed by atoms with van der Waals surface area (Å²) in [5.41, 5.74) is 3.03. The number of benzene rings is 2. The van der Waals surface area contributed by atoms with Crippen LogP contribution in [0.25, 0.3) is 0 Å². The van der Waals surface area contributed by atoms with Gasteiger partial charge in [0.1, 0.15) is 0 Å². The van der Waals surface area contributed by atoms with Crippen molar-refractivity contribution in [2.24, 2.45) is 5.41 Å². The molecule has 30 heavy (non-hydrogen) atoms. The first-order chi connectivity index (χ1) is 14.0. The van der Waals surface area contributed by atoms with Gasteiger partial charge < -0.3 is 20.1 Å². The van der Waals surface area contributed by atoms with Crippen molar-refractivity contribution in [3.05, 3.63) is 53.6 Å². The van der Waals surface area contributed by atoms with Crippen molar-refractivity contribution < 1.29 is 14.3 Å². The Morgan fingerprint density at radius 3 is 2.27 bits per heavy atom. The van der Waals surface area contributed by atoms with Gasteiger partial charge in [0.05, 0.1) is 7.11 Å².